The molecule has 1 aromatic carbocycles. The summed E-state index contributed by atoms with van der Waals surface area (Å²) >= 11 is 1.41. The average Bonchev–Trinajstić information content (AvgIpc) is 2.78. The van der Waals surface area contributed by atoms with E-state index < -0.39 is 11.9 Å². The van der Waals surface area contributed by atoms with Gasteiger partial charge in [-0.3, -0.25) is 9.78 Å². The lowest BCUT2D eigenvalue weighted by Crippen LogP contribution is -2.27. The van der Waals surface area contributed by atoms with Crippen LogP contribution in [0.15, 0.2) is 36.0 Å². The fourth-order valence-corrected chi connectivity index (χ4v) is 2.23. The lowest BCUT2D eigenvalue weighted by molar-refractivity contribution is -0.118. The highest BCUT2D eigenvalue weighted by atomic mass is 32.1. The normalized spacial score (nSPS) is 12.1. The quantitative estimate of drug-likeness (QED) is 0.869. The van der Waals surface area contributed by atoms with Gasteiger partial charge < -0.3 is 11.1 Å². The maximum absolute atomic E-state index is 11.4. The number of hydrogen-bond donors (Lipinski definition) is 2. The van der Waals surface area contributed by atoms with Gasteiger partial charge in [0, 0.05) is 11.9 Å². The van der Waals surface area contributed by atoms with Gasteiger partial charge in [0.05, 0.1) is 10.4 Å². The number of aryl methyl sites for hydroxylation is 1. The van der Waals surface area contributed by atoms with Crippen molar-refractivity contribution in [1.82, 2.24) is 4.98 Å². The topological polar surface area (TPSA) is 68.0 Å². The number of nitrogens with zero attached hydrogens (tertiary/aromatic N) is 1. The molecule has 1 amide bonds. The average molecular weight is 247 g/mol. The van der Waals surface area contributed by atoms with Crippen molar-refractivity contribution in [3.05, 3.63) is 46.4 Å². The van der Waals surface area contributed by atoms with Crippen LogP contribution in [0.25, 0.3) is 0 Å². The Labute approximate surface area is 103 Å². The molecule has 2 aromatic rings. The Hall–Kier alpha value is -1.88. The second kappa shape index (κ2) is 4.97. The van der Waals surface area contributed by atoms with Gasteiger partial charge >= 0.3 is 0 Å². The standard InChI is InChI=1S/C12H13N3OS/c1-8-3-2-4-9(5-8)15-11(12(13)16)10-6-14-7-17-10/h2-7,11,15H,1H3,(H2,13,16). The first kappa shape index (κ1) is 11.6. The van der Waals surface area contributed by atoms with Crippen LogP contribution in [0.5, 0.6) is 0 Å². The zero-order valence-electron chi connectivity index (χ0n) is 9.38. The third-order valence-corrected chi connectivity index (χ3v) is 3.19. The first-order valence-electron chi connectivity index (χ1n) is 5.18. The van der Waals surface area contributed by atoms with E-state index in [-0.39, 0.29) is 0 Å². The molecular weight excluding hydrogens is 234 g/mol. The fourth-order valence-electron chi connectivity index (χ4n) is 1.55. The van der Waals surface area contributed by atoms with E-state index in [2.05, 4.69) is 10.3 Å². The summed E-state index contributed by atoms with van der Waals surface area (Å²) in [5.74, 6) is -0.407. The van der Waals surface area contributed by atoms with Gasteiger partial charge in [-0.1, -0.05) is 12.1 Å². The van der Waals surface area contributed by atoms with Crippen LogP contribution >= 0.6 is 11.3 Å². The van der Waals surface area contributed by atoms with Crippen molar-refractivity contribution in [2.75, 3.05) is 5.32 Å². The molecule has 1 heterocycles. The number of thiazole rings is 1. The van der Waals surface area contributed by atoms with Gasteiger partial charge in [-0.05, 0) is 24.6 Å². The van der Waals surface area contributed by atoms with Crippen LogP contribution in [-0.2, 0) is 4.79 Å². The highest BCUT2D eigenvalue weighted by Crippen LogP contribution is 2.22. The van der Waals surface area contributed by atoms with Crippen molar-refractivity contribution < 1.29 is 4.79 Å². The highest BCUT2D eigenvalue weighted by Gasteiger charge is 2.18. The molecule has 17 heavy (non-hydrogen) atoms. The summed E-state index contributed by atoms with van der Waals surface area (Å²) < 4.78 is 0. The van der Waals surface area contributed by atoms with E-state index in [0.29, 0.717) is 0 Å². The predicted octanol–water partition coefficient (Wildman–Crippen LogP) is 2.09. The van der Waals surface area contributed by atoms with Crippen LogP contribution in [0.1, 0.15) is 16.5 Å². The maximum Gasteiger partial charge on any atom is 0.245 e. The zero-order valence-corrected chi connectivity index (χ0v) is 10.2. The minimum atomic E-state index is -0.524. The van der Waals surface area contributed by atoms with Crippen molar-refractivity contribution in [2.24, 2.45) is 5.73 Å². The number of aromatic nitrogens is 1. The molecule has 0 aliphatic heterocycles. The number of anilines is 1. The molecule has 1 unspecified atom stereocenters. The van der Waals surface area contributed by atoms with E-state index in [4.69, 9.17) is 5.73 Å². The third kappa shape index (κ3) is 2.82. The molecule has 0 aliphatic carbocycles. The summed E-state index contributed by atoms with van der Waals surface area (Å²) in [6, 6.07) is 7.28. The molecule has 2 rings (SSSR count). The van der Waals surface area contributed by atoms with Gasteiger partial charge in [-0.15, -0.1) is 11.3 Å². The maximum atomic E-state index is 11.4. The Balaban J connectivity index is 2.22. The largest absolute Gasteiger partial charge is 0.369 e. The van der Waals surface area contributed by atoms with E-state index in [0.717, 1.165) is 16.1 Å². The number of benzene rings is 1. The Morgan fingerprint density at radius 2 is 2.35 bits per heavy atom. The monoisotopic (exact) mass is 247 g/mol. The third-order valence-electron chi connectivity index (χ3n) is 2.35. The van der Waals surface area contributed by atoms with Crippen molar-refractivity contribution in [1.29, 1.82) is 0 Å². The van der Waals surface area contributed by atoms with Crippen molar-refractivity contribution in [3.63, 3.8) is 0 Å². The summed E-state index contributed by atoms with van der Waals surface area (Å²) in [6.07, 6.45) is 1.66. The van der Waals surface area contributed by atoms with Crippen LogP contribution in [-0.4, -0.2) is 10.9 Å². The molecule has 0 spiro atoms. The van der Waals surface area contributed by atoms with Gasteiger partial charge in [-0.25, -0.2) is 0 Å². The van der Waals surface area contributed by atoms with Gasteiger partial charge in [0.15, 0.2) is 0 Å². The summed E-state index contributed by atoms with van der Waals surface area (Å²) in [5.41, 5.74) is 9.08. The van der Waals surface area contributed by atoms with E-state index >= 15 is 0 Å². The van der Waals surface area contributed by atoms with E-state index in [1.165, 1.54) is 11.3 Å². The van der Waals surface area contributed by atoms with Crippen LogP contribution in [0.4, 0.5) is 5.69 Å². The predicted molar refractivity (Wildman–Crippen MR) is 68.9 cm³/mol. The molecule has 0 saturated carbocycles. The van der Waals surface area contributed by atoms with Crippen molar-refractivity contribution >= 4 is 22.9 Å². The molecule has 0 radical (unpaired) electrons. The minimum Gasteiger partial charge on any atom is -0.369 e. The number of nitrogens with one attached hydrogen (secondary N) is 1. The molecule has 0 fully saturated rings. The zero-order chi connectivity index (χ0) is 12.3. The van der Waals surface area contributed by atoms with E-state index in [9.17, 15) is 4.79 Å². The molecule has 1 aromatic heterocycles. The van der Waals surface area contributed by atoms with Gasteiger partial charge in [0.2, 0.25) is 5.91 Å². The highest BCUT2D eigenvalue weighted by molar-refractivity contribution is 7.09. The Morgan fingerprint density at radius 1 is 1.53 bits per heavy atom. The molecule has 1 atom stereocenters. The molecule has 0 saturated heterocycles. The molecule has 88 valence electrons. The number of carbonyl (C=O) groups is 1. The molecular formula is C12H13N3OS. The van der Waals surface area contributed by atoms with Crippen molar-refractivity contribution in [2.45, 2.75) is 13.0 Å². The second-order valence-corrected chi connectivity index (χ2v) is 4.67. The van der Waals surface area contributed by atoms with Crippen molar-refractivity contribution in [3.8, 4) is 0 Å². The summed E-state index contributed by atoms with van der Waals surface area (Å²) in [5, 5.41) is 3.12. The summed E-state index contributed by atoms with van der Waals surface area (Å²) in [4.78, 5) is 16.2. The number of carbonyl (C=O) groups excluding carboxylic acids is 1. The van der Waals surface area contributed by atoms with E-state index in [1.54, 1.807) is 11.7 Å². The number of hydrogen-bond acceptors (Lipinski definition) is 4. The van der Waals surface area contributed by atoms with Gasteiger partial charge in [-0.2, -0.15) is 0 Å². The number of nitrogens with two attached hydrogens (primary N) is 1. The Kier molecular flexibility index (Phi) is 3.39. The SMILES string of the molecule is Cc1cccc(NC(C(N)=O)c2cncs2)c1. The number of rotatable bonds is 4. The molecule has 3 N–H and O–H groups in total. The molecule has 5 heteroatoms. The second-order valence-electron chi connectivity index (χ2n) is 3.75. The molecule has 4 nitrogen and oxygen atoms in total. The first-order chi connectivity index (χ1) is 8.16. The smallest absolute Gasteiger partial charge is 0.245 e. The van der Waals surface area contributed by atoms with Gasteiger partial charge in [0.1, 0.15) is 6.04 Å². The van der Waals surface area contributed by atoms with E-state index in [1.807, 2.05) is 31.2 Å². The minimum absolute atomic E-state index is 0.407. The molecule has 0 aliphatic rings. The number of primary amides is 1. The van der Waals surface area contributed by atoms with Crippen LogP contribution in [0, 0.1) is 6.92 Å². The summed E-state index contributed by atoms with van der Waals surface area (Å²) in [6.45, 7) is 2.00. The van der Waals surface area contributed by atoms with Gasteiger partial charge in [0.25, 0.3) is 0 Å². The van der Waals surface area contributed by atoms with Crippen LogP contribution < -0.4 is 11.1 Å². The fraction of sp³-hybridized carbons (Fsp3) is 0.167. The lowest BCUT2D eigenvalue weighted by Gasteiger charge is -2.15. The number of amides is 1. The summed E-state index contributed by atoms with van der Waals surface area (Å²) in [7, 11) is 0. The lowest BCUT2D eigenvalue weighted by atomic mass is 10.2. The Morgan fingerprint density at radius 3 is 2.94 bits per heavy atom. The Bertz CT molecular complexity index is 510. The molecule has 0 bridgehead atoms. The first-order valence-corrected chi connectivity index (χ1v) is 6.05. The van der Waals surface area contributed by atoms with Crippen LogP contribution in [0.3, 0.4) is 0 Å². The van der Waals surface area contributed by atoms with Crippen LogP contribution in [0.2, 0.25) is 0 Å².